The molecule has 0 radical (unpaired) electrons. The Morgan fingerprint density at radius 2 is 1.39 bits per heavy atom. The van der Waals surface area contributed by atoms with E-state index < -0.39 is 0 Å². The molecule has 0 fully saturated rings. The molecule has 1 aliphatic rings. The second kappa shape index (κ2) is 17.1. The van der Waals surface area contributed by atoms with Gasteiger partial charge in [-0.1, -0.05) is 12.1 Å². The Kier molecular flexibility index (Phi) is 13.2. The molecule has 0 N–H and O–H groups in total. The summed E-state index contributed by atoms with van der Waals surface area (Å²) in [6, 6.07) is 9.39. The van der Waals surface area contributed by atoms with Crippen LogP contribution in [0.1, 0.15) is 78.4 Å². The minimum atomic E-state index is -0.307. The molecule has 0 spiro atoms. The third kappa shape index (κ3) is 9.66. The quantitative estimate of drug-likeness (QED) is 0.123. The zero-order chi connectivity index (χ0) is 29.5. The summed E-state index contributed by atoms with van der Waals surface area (Å²) in [7, 11) is 2.73. The highest BCUT2D eigenvalue weighted by Gasteiger charge is 2.22. The van der Waals surface area contributed by atoms with Crippen molar-refractivity contribution < 1.29 is 38.1 Å². The third-order valence-electron chi connectivity index (χ3n) is 7.08. The summed E-state index contributed by atoms with van der Waals surface area (Å²) in [5.41, 5.74) is 3.84. The van der Waals surface area contributed by atoms with E-state index in [4.69, 9.17) is 18.9 Å². The number of esters is 2. The summed E-state index contributed by atoms with van der Waals surface area (Å²) in [5.74, 6) is 1.78. The molecule has 1 aliphatic carbocycles. The standard InChI is InChI=1S/C33H42O8/c1-4-11-26-24-12-8-13-28(34)25(24)17-19-31(26)40-22-7-5-6-21-39-29-14-9-15-30(27(29)18-20-33(36)38-3)41-23-10-16-32(35)37-2/h4,9,14-15,17,19H,1,5-8,10-13,16,18,20-23H2,2-3H3. The van der Waals surface area contributed by atoms with E-state index in [1.165, 1.54) is 14.2 Å². The summed E-state index contributed by atoms with van der Waals surface area (Å²) in [6.07, 6.45) is 8.99. The fourth-order valence-electron chi connectivity index (χ4n) is 4.92. The minimum absolute atomic E-state index is 0.206. The molecule has 0 unspecified atom stereocenters. The Labute approximate surface area is 243 Å². The molecule has 3 rings (SSSR count). The largest absolute Gasteiger partial charge is 0.493 e. The van der Waals surface area contributed by atoms with E-state index in [1.54, 1.807) is 0 Å². The lowest BCUT2D eigenvalue weighted by Gasteiger charge is -2.21. The molecule has 0 saturated carbocycles. The number of carbonyl (C=O) groups excluding carboxylic acids is 3. The van der Waals surface area contributed by atoms with E-state index >= 15 is 0 Å². The van der Waals surface area contributed by atoms with E-state index in [1.807, 2.05) is 36.4 Å². The third-order valence-corrected chi connectivity index (χ3v) is 7.08. The van der Waals surface area contributed by atoms with Crippen molar-refractivity contribution in [2.45, 2.75) is 70.6 Å². The van der Waals surface area contributed by atoms with Gasteiger partial charge in [0, 0.05) is 36.0 Å². The lowest BCUT2D eigenvalue weighted by molar-refractivity contribution is -0.141. The number of Topliss-reactive ketones (excluding diaryl/α,β-unsaturated/α-hetero) is 1. The second-order valence-corrected chi connectivity index (χ2v) is 9.93. The first-order valence-corrected chi connectivity index (χ1v) is 14.4. The molecule has 0 atom stereocenters. The van der Waals surface area contributed by atoms with Crippen LogP contribution in [-0.2, 0) is 38.3 Å². The topological polar surface area (TPSA) is 97.4 Å². The van der Waals surface area contributed by atoms with Crippen LogP contribution in [0.25, 0.3) is 0 Å². The lowest BCUT2D eigenvalue weighted by Crippen LogP contribution is -2.14. The van der Waals surface area contributed by atoms with Crippen LogP contribution in [-0.4, -0.2) is 51.8 Å². The van der Waals surface area contributed by atoms with Gasteiger partial charge in [0.05, 0.1) is 34.0 Å². The van der Waals surface area contributed by atoms with E-state index in [9.17, 15) is 14.4 Å². The maximum Gasteiger partial charge on any atom is 0.305 e. The first kappa shape index (κ1) is 31.7. The molecular formula is C33H42O8. The highest BCUT2D eigenvalue weighted by molar-refractivity contribution is 5.99. The number of fused-ring (bicyclic) bond motifs is 1. The van der Waals surface area contributed by atoms with Gasteiger partial charge in [0.25, 0.3) is 0 Å². The van der Waals surface area contributed by atoms with Gasteiger partial charge in [-0.15, -0.1) is 6.58 Å². The number of carbonyl (C=O) groups is 3. The number of ketones is 1. The van der Waals surface area contributed by atoms with Gasteiger partial charge in [-0.2, -0.15) is 0 Å². The summed E-state index contributed by atoms with van der Waals surface area (Å²) >= 11 is 0. The highest BCUT2D eigenvalue weighted by Crippen LogP contribution is 2.33. The van der Waals surface area contributed by atoms with Gasteiger partial charge in [0.2, 0.25) is 0 Å². The maximum atomic E-state index is 12.3. The zero-order valence-corrected chi connectivity index (χ0v) is 24.3. The second-order valence-electron chi connectivity index (χ2n) is 9.93. The van der Waals surface area contributed by atoms with Gasteiger partial charge in [-0.3, -0.25) is 14.4 Å². The van der Waals surface area contributed by atoms with Crippen LogP contribution < -0.4 is 14.2 Å². The average Bonchev–Trinajstić information content (AvgIpc) is 2.99. The van der Waals surface area contributed by atoms with Crippen LogP contribution in [0.5, 0.6) is 17.2 Å². The van der Waals surface area contributed by atoms with Crippen LogP contribution in [0.3, 0.4) is 0 Å². The number of rotatable bonds is 18. The summed E-state index contributed by atoms with van der Waals surface area (Å²) < 4.78 is 27.6. The summed E-state index contributed by atoms with van der Waals surface area (Å²) in [5, 5.41) is 0. The summed E-state index contributed by atoms with van der Waals surface area (Å²) in [6.45, 7) is 5.32. The fourth-order valence-corrected chi connectivity index (χ4v) is 4.92. The van der Waals surface area contributed by atoms with Crippen LogP contribution in [0.4, 0.5) is 0 Å². The van der Waals surface area contributed by atoms with Gasteiger partial charge in [-0.25, -0.2) is 0 Å². The molecule has 222 valence electrons. The number of ether oxygens (including phenoxy) is 5. The predicted molar refractivity (Wildman–Crippen MR) is 156 cm³/mol. The molecule has 0 aliphatic heterocycles. The predicted octanol–water partition coefficient (Wildman–Crippen LogP) is 6.00. The van der Waals surface area contributed by atoms with E-state index in [-0.39, 0.29) is 30.6 Å². The van der Waals surface area contributed by atoms with Gasteiger partial charge in [0.1, 0.15) is 17.2 Å². The van der Waals surface area contributed by atoms with Crippen LogP contribution in [0.2, 0.25) is 0 Å². The Morgan fingerprint density at radius 3 is 2.02 bits per heavy atom. The van der Waals surface area contributed by atoms with Gasteiger partial charge in [0.15, 0.2) is 5.78 Å². The van der Waals surface area contributed by atoms with Crippen molar-refractivity contribution in [3.63, 3.8) is 0 Å². The maximum absolute atomic E-state index is 12.3. The summed E-state index contributed by atoms with van der Waals surface area (Å²) in [4.78, 5) is 35.5. The van der Waals surface area contributed by atoms with Crippen molar-refractivity contribution in [1.29, 1.82) is 0 Å². The molecule has 41 heavy (non-hydrogen) atoms. The van der Waals surface area contributed by atoms with Gasteiger partial charge >= 0.3 is 11.9 Å². The van der Waals surface area contributed by atoms with Crippen molar-refractivity contribution >= 4 is 17.7 Å². The van der Waals surface area contributed by atoms with Crippen LogP contribution in [0.15, 0.2) is 43.0 Å². The normalized spacial score (nSPS) is 12.3. The number of hydrogen-bond acceptors (Lipinski definition) is 8. The minimum Gasteiger partial charge on any atom is -0.493 e. The zero-order valence-electron chi connectivity index (χ0n) is 24.3. The highest BCUT2D eigenvalue weighted by atomic mass is 16.5. The van der Waals surface area contributed by atoms with Crippen molar-refractivity contribution in [3.05, 3.63) is 65.2 Å². The Bertz CT molecular complexity index is 1190. The molecule has 0 saturated heterocycles. The molecule has 2 aromatic carbocycles. The lowest BCUT2D eigenvalue weighted by atomic mass is 9.86. The van der Waals surface area contributed by atoms with Crippen LogP contribution >= 0.6 is 0 Å². The van der Waals surface area contributed by atoms with E-state index in [0.29, 0.717) is 57.0 Å². The van der Waals surface area contributed by atoms with Crippen molar-refractivity contribution in [3.8, 4) is 17.2 Å². The van der Waals surface area contributed by atoms with E-state index in [2.05, 4.69) is 11.3 Å². The van der Waals surface area contributed by atoms with Crippen LogP contribution in [0, 0.1) is 0 Å². The number of methoxy groups -OCH3 is 2. The molecular weight excluding hydrogens is 524 g/mol. The smallest absolute Gasteiger partial charge is 0.305 e. The van der Waals surface area contributed by atoms with E-state index in [0.717, 1.165) is 60.1 Å². The Hall–Kier alpha value is -3.81. The first-order chi connectivity index (χ1) is 20.0. The molecule has 0 heterocycles. The molecule has 0 aromatic heterocycles. The molecule has 2 aromatic rings. The average molecular weight is 567 g/mol. The number of allylic oxidation sites excluding steroid dienone is 1. The molecule has 0 amide bonds. The molecule has 8 nitrogen and oxygen atoms in total. The van der Waals surface area contributed by atoms with Crippen molar-refractivity contribution in [2.75, 3.05) is 34.0 Å². The number of unbranched alkanes of at least 4 members (excludes halogenated alkanes) is 2. The molecule has 8 heteroatoms. The Morgan fingerprint density at radius 1 is 0.780 bits per heavy atom. The van der Waals surface area contributed by atoms with Crippen molar-refractivity contribution in [2.24, 2.45) is 0 Å². The van der Waals surface area contributed by atoms with Gasteiger partial charge in [-0.05, 0) is 81.2 Å². The number of benzene rings is 2. The monoisotopic (exact) mass is 566 g/mol. The SMILES string of the molecule is C=CCc1c(OCCCCCOc2cccc(OCCCC(=O)OC)c2CCC(=O)OC)ccc2c1CCCC2=O. The van der Waals surface area contributed by atoms with Gasteiger partial charge < -0.3 is 23.7 Å². The first-order valence-electron chi connectivity index (χ1n) is 14.4. The molecule has 0 bridgehead atoms. The Balaban J connectivity index is 1.50. The number of hydrogen-bond donors (Lipinski definition) is 0. The fraction of sp³-hybridized carbons (Fsp3) is 0.485. The van der Waals surface area contributed by atoms with Crippen molar-refractivity contribution in [1.82, 2.24) is 0 Å².